The molecule has 1 aliphatic rings. The fourth-order valence-electron chi connectivity index (χ4n) is 3.41. The van der Waals surface area contributed by atoms with Gasteiger partial charge in [-0.05, 0) is 42.9 Å². The Labute approximate surface area is 182 Å². The number of ether oxygens (including phenoxy) is 1. The number of esters is 1. The predicted molar refractivity (Wildman–Crippen MR) is 116 cm³/mol. The number of nitrogens with zero attached hydrogens (tertiary/aromatic N) is 2. The standard InChI is InChI=1S/C21H21N3O4S2/c1-12-8-9-14-15(10-12)30-19(17(14)20(26)27-2)22-16(25)11-29-21-24-23-18(28-21)13-6-4-3-5-7-13/h3-7,12H,8-11H2,1-2H3,(H,22,25). The number of anilines is 1. The van der Waals surface area contributed by atoms with E-state index in [1.165, 1.54) is 18.4 Å². The van der Waals surface area contributed by atoms with E-state index in [0.29, 0.717) is 27.6 Å². The van der Waals surface area contributed by atoms with Gasteiger partial charge in [-0.15, -0.1) is 21.5 Å². The van der Waals surface area contributed by atoms with Crippen LogP contribution in [0.2, 0.25) is 0 Å². The number of amides is 1. The average molecular weight is 444 g/mol. The largest absolute Gasteiger partial charge is 0.465 e. The van der Waals surface area contributed by atoms with Crippen molar-refractivity contribution in [2.24, 2.45) is 5.92 Å². The van der Waals surface area contributed by atoms with E-state index in [1.54, 1.807) is 0 Å². The maximum atomic E-state index is 12.5. The fraction of sp³-hybridized carbons (Fsp3) is 0.333. The lowest BCUT2D eigenvalue weighted by atomic mass is 9.88. The Hall–Kier alpha value is -2.65. The number of nitrogens with one attached hydrogen (secondary N) is 1. The van der Waals surface area contributed by atoms with E-state index in [2.05, 4.69) is 22.4 Å². The van der Waals surface area contributed by atoms with Gasteiger partial charge in [-0.25, -0.2) is 4.79 Å². The summed E-state index contributed by atoms with van der Waals surface area (Å²) in [7, 11) is 1.36. The number of thioether (sulfide) groups is 1. The molecule has 1 atom stereocenters. The maximum absolute atomic E-state index is 12.5. The van der Waals surface area contributed by atoms with Crippen LogP contribution in [-0.2, 0) is 22.4 Å². The molecule has 1 aromatic carbocycles. The lowest BCUT2D eigenvalue weighted by Gasteiger charge is -2.18. The second-order valence-corrected chi connectivity index (χ2v) is 9.16. The molecule has 9 heteroatoms. The van der Waals surface area contributed by atoms with Gasteiger partial charge in [-0.3, -0.25) is 4.79 Å². The minimum absolute atomic E-state index is 0.0933. The number of hydrogen-bond acceptors (Lipinski definition) is 8. The molecule has 156 valence electrons. The molecule has 0 radical (unpaired) electrons. The summed E-state index contributed by atoms with van der Waals surface area (Å²) < 4.78 is 10.6. The van der Waals surface area contributed by atoms with Crippen molar-refractivity contribution in [2.45, 2.75) is 31.4 Å². The Morgan fingerprint density at radius 2 is 2.10 bits per heavy atom. The highest BCUT2D eigenvalue weighted by atomic mass is 32.2. The fourth-order valence-corrected chi connectivity index (χ4v) is 5.39. The number of carbonyl (C=O) groups excluding carboxylic acids is 2. The molecule has 1 N–H and O–H groups in total. The van der Waals surface area contributed by atoms with Gasteiger partial charge < -0.3 is 14.5 Å². The molecule has 0 aliphatic heterocycles. The monoisotopic (exact) mass is 443 g/mol. The summed E-state index contributed by atoms with van der Waals surface area (Å²) >= 11 is 2.62. The molecule has 1 unspecified atom stereocenters. The molecule has 2 heterocycles. The number of hydrogen-bond donors (Lipinski definition) is 1. The maximum Gasteiger partial charge on any atom is 0.341 e. The molecular weight excluding hydrogens is 422 g/mol. The third kappa shape index (κ3) is 4.41. The van der Waals surface area contributed by atoms with Crippen molar-refractivity contribution < 1.29 is 18.7 Å². The van der Waals surface area contributed by atoms with Crippen LogP contribution < -0.4 is 5.32 Å². The van der Waals surface area contributed by atoms with Gasteiger partial charge in [0, 0.05) is 10.4 Å². The second-order valence-electron chi connectivity index (χ2n) is 7.12. The number of thiophene rings is 1. The lowest BCUT2D eigenvalue weighted by Crippen LogP contribution is -2.17. The molecule has 4 rings (SSSR count). The van der Waals surface area contributed by atoms with Crippen molar-refractivity contribution in [3.8, 4) is 11.5 Å². The Bertz CT molecular complexity index is 1060. The highest BCUT2D eigenvalue weighted by Gasteiger charge is 2.29. The minimum atomic E-state index is -0.408. The molecule has 0 fully saturated rings. The van der Waals surface area contributed by atoms with E-state index >= 15 is 0 Å². The van der Waals surface area contributed by atoms with Gasteiger partial charge >= 0.3 is 5.97 Å². The van der Waals surface area contributed by atoms with E-state index in [1.807, 2.05) is 30.3 Å². The average Bonchev–Trinajstić information content (AvgIpc) is 3.36. The zero-order valence-corrected chi connectivity index (χ0v) is 18.3. The second kappa shape index (κ2) is 9.01. The smallest absolute Gasteiger partial charge is 0.341 e. The quantitative estimate of drug-likeness (QED) is 0.444. The molecule has 0 bridgehead atoms. The third-order valence-electron chi connectivity index (χ3n) is 4.91. The van der Waals surface area contributed by atoms with Crippen LogP contribution in [0.3, 0.4) is 0 Å². The van der Waals surface area contributed by atoms with Crippen LogP contribution in [0.4, 0.5) is 5.00 Å². The SMILES string of the molecule is COC(=O)c1c(NC(=O)CSc2nnc(-c3ccccc3)o2)sc2c1CCC(C)C2. The highest BCUT2D eigenvalue weighted by molar-refractivity contribution is 7.99. The molecule has 30 heavy (non-hydrogen) atoms. The summed E-state index contributed by atoms with van der Waals surface area (Å²) in [4.78, 5) is 26.0. The number of rotatable bonds is 6. The first-order chi connectivity index (χ1) is 14.5. The molecule has 1 aliphatic carbocycles. The third-order valence-corrected chi connectivity index (χ3v) is 6.90. The number of methoxy groups -OCH3 is 1. The van der Waals surface area contributed by atoms with Crippen molar-refractivity contribution in [1.82, 2.24) is 10.2 Å². The summed E-state index contributed by atoms with van der Waals surface area (Å²) in [5, 5.41) is 11.8. The molecule has 0 spiro atoms. The Morgan fingerprint density at radius 3 is 2.87 bits per heavy atom. The summed E-state index contributed by atoms with van der Waals surface area (Å²) in [5.74, 6) is 0.421. The predicted octanol–water partition coefficient (Wildman–Crippen LogP) is 4.44. The van der Waals surface area contributed by atoms with Crippen molar-refractivity contribution in [3.63, 3.8) is 0 Å². The lowest BCUT2D eigenvalue weighted by molar-refractivity contribution is -0.113. The van der Waals surface area contributed by atoms with E-state index < -0.39 is 5.97 Å². The summed E-state index contributed by atoms with van der Waals surface area (Å²) in [5.41, 5.74) is 2.33. The molecule has 0 saturated heterocycles. The first kappa shape index (κ1) is 20.6. The van der Waals surface area contributed by atoms with E-state index in [9.17, 15) is 9.59 Å². The van der Waals surface area contributed by atoms with E-state index in [4.69, 9.17) is 9.15 Å². The zero-order valence-electron chi connectivity index (χ0n) is 16.6. The first-order valence-electron chi connectivity index (χ1n) is 9.59. The molecule has 7 nitrogen and oxygen atoms in total. The van der Waals surface area contributed by atoms with Crippen LogP contribution in [-0.4, -0.2) is 34.9 Å². The molecule has 1 amide bonds. The van der Waals surface area contributed by atoms with Gasteiger partial charge in [-0.1, -0.05) is 36.9 Å². The van der Waals surface area contributed by atoms with Crippen LogP contribution in [0.15, 0.2) is 40.0 Å². The molecular formula is C21H21N3O4S2. The zero-order chi connectivity index (χ0) is 21.1. The van der Waals surface area contributed by atoms with Gasteiger partial charge in [0.2, 0.25) is 11.8 Å². The topological polar surface area (TPSA) is 94.3 Å². The number of aromatic nitrogens is 2. The van der Waals surface area contributed by atoms with Crippen LogP contribution in [0.1, 0.15) is 34.1 Å². The Morgan fingerprint density at radius 1 is 1.30 bits per heavy atom. The normalized spacial score (nSPS) is 15.5. The molecule has 2 aromatic heterocycles. The molecule has 3 aromatic rings. The van der Waals surface area contributed by atoms with E-state index in [0.717, 1.165) is 47.0 Å². The van der Waals surface area contributed by atoms with Crippen LogP contribution in [0.25, 0.3) is 11.5 Å². The Kier molecular flexibility index (Phi) is 6.19. The summed E-state index contributed by atoms with van der Waals surface area (Å²) in [6.45, 7) is 2.20. The van der Waals surface area contributed by atoms with Crippen molar-refractivity contribution in [2.75, 3.05) is 18.2 Å². The first-order valence-corrected chi connectivity index (χ1v) is 11.4. The van der Waals surface area contributed by atoms with Crippen LogP contribution >= 0.6 is 23.1 Å². The van der Waals surface area contributed by atoms with Gasteiger partial charge in [-0.2, -0.15) is 0 Å². The van der Waals surface area contributed by atoms with Crippen LogP contribution in [0, 0.1) is 5.92 Å². The molecule has 0 saturated carbocycles. The van der Waals surface area contributed by atoms with Crippen LogP contribution in [0.5, 0.6) is 0 Å². The van der Waals surface area contributed by atoms with Gasteiger partial charge in [0.05, 0.1) is 18.4 Å². The number of benzene rings is 1. The van der Waals surface area contributed by atoms with Gasteiger partial charge in [0.15, 0.2) is 0 Å². The minimum Gasteiger partial charge on any atom is -0.465 e. The van der Waals surface area contributed by atoms with Crippen molar-refractivity contribution >= 4 is 40.0 Å². The highest BCUT2D eigenvalue weighted by Crippen LogP contribution is 2.40. The Balaban J connectivity index is 1.43. The van der Waals surface area contributed by atoms with Gasteiger partial charge in [0.1, 0.15) is 5.00 Å². The summed E-state index contributed by atoms with van der Waals surface area (Å²) in [6.07, 6.45) is 2.77. The number of fused-ring (bicyclic) bond motifs is 1. The van der Waals surface area contributed by atoms with E-state index in [-0.39, 0.29) is 11.7 Å². The number of carbonyl (C=O) groups is 2. The summed E-state index contributed by atoms with van der Waals surface area (Å²) in [6, 6.07) is 9.44. The van der Waals surface area contributed by atoms with Crippen molar-refractivity contribution in [3.05, 3.63) is 46.3 Å². The van der Waals surface area contributed by atoms with Gasteiger partial charge in [0.25, 0.3) is 5.22 Å². The van der Waals surface area contributed by atoms with Crippen molar-refractivity contribution in [1.29, 1.82) is 0 Å².